The highest BCUT2D eigenvalue weighted by molar-refractivity contribution is 5.83. The summed E-state index contributed by atoms with van der Waals surface area (Å²) in [4.78, 5) is 13.8. The molecule has 0 radical (unpaired) electrons. The van der Waals surface area contributed by atoms with Gasteiger partial charge < -0.3 is 10.2 Å². The molecule has 0 aromatic heterocycles. The molecule has 0 aromatic carbocycles. The average molecular weight is 154 g/mol. The van der Waals surface area contributed by atoms with Crippen molar-refractivity contribution in [1.82, 2.24) is 10.2 Å². The Morgan fingerprint density at radius 2 is 2.09 bits per heavy atom. The summed E-state index contributed by atoms with van der Waals surface area (Å²) in [5.41, 5.74) is -0.00521. The van der Waals surface area contributed by atoms with Crippen LogP contribution in [0.1, 0.15) is 12.8 Å². The van der Waals surface area contributed by atoms with Crippen molar-refractivity contribution in [2.45, 2.75) is 12.8 Å². The first-order valence-corrected chi connectivity index (χ1v) is 4.21. The van der Waals surface area contributed by atoms with Crippen LogP contribution in [0.25, 0.3) is 0 Å². The highest BCUT2D eigenvalue weighted by atomic mass is 16.2. The second kappa shape index (κ2) is 2.21. The predicted octanol–water partition coefficient (Wildman–Crippen LogP) is -0.172. The van der Waals surface area contributed by atoms with Crippen LogP contribution in [0.2, 0.25) is 0 Å². The molecule has 0 atom stereocenters. The lowest BCUT2D eigenvalue weighted by atomic mass is 9.84. The third-order valence-corrected chi connectivity index (χ3v) is 3.05. The predicted molar refractivity (Wildman–Crippen MR) is 42.2 cm³/mol. The average Bonchev–Trinajstić information content (AvgIpc) is 2.62. The molecule has 1 N–H and O–H groups in total. The summed E-state index contributed by atoms with van der Waals surface area (Å²) in [6.45, 7) is 3.23. The highest BCUT2D eigenvalue weighted by Crippen LogP contribution is 2.40. The fourth-order valence-corrected chi connectivity index (χ4v) is 2.29. The van der Waals surface area contributed by atoms with Crippen LogP contribution in [0.4, 0.5) is 0 Å². The molecule has 1 amide bonds. The number of rotatable bonds is 1. The molecule has 2 fully saturated rings. The van der Waals surface area contributed by atoms with Gasteiger partial charge in [0, 0.05) is 13.6 Å². The molecule has 2 bridgehead atoms. The fourth-order valence-electron chi connectivity index (χ4n) is 2.29. The molecule has 2 rings (SSSR count). The van der Waals surface area contributed by atoms with E-state index in [-0.39, 0.29) is 11.3 Å². The monoisotopic (exact) mass is 154 g/mol. The van der Waals surface area contributed by atoms with E-state index >= 15 is 0 Å². The van der Waals surface area contributed by atoms with Gasteiger partial charge in [0.15, 0.2) is 0 Å². The molecular formula is C8H14N2O. The summed E-state index contributed by atoms with van der Waals surface area (Å²) >= 11 is 0. The first-order valence-electron chi connectivity index (χ1n) is 4.21. The van der Waals surface area contributed by atoms with E-state index in [4.69, 9.17) is 0 Å². The molecule has 62 valence electrons. The van der Waals surface area contributed by atoms with Crippen LogP contribution in [0.15, 0.2) is 0 Å². The van der Waals surface area contributed by atoms with Crippen molar-refractivity contribution in [1.29, 1.82) is 0 Å². The number of nitrogens with one attached hydrogen (secondary N) is 1. The van der Waals surface area contributed by atoms with Crippen LogP contribution in [0, 0.1) is 5.41 Å². The number of nitrogens with zero attached hydrogens (tertiary/aromatic N) is 1. The van der Waals surface area contributed by atoms with E-state index in [0.717, 1.165) is 32.5 Å². The van der Waals surface area contributed by atoms with Crippen LogP contribution in [0.5, 0.6) is 0 Å². The first-order chi connectivity index (χ1) is 5.27. The topological polar surface area (TPSA) is 32.3 Å². The highest BCUT2D eigenvalue weighted by Gasteiger charge is 2.48. The van der Waals surface area contributed by atoms with Crippen LogP contribution in [0.3, 0.4) is 0 Å². The lowest BCUT2D eigenvalue weighted by Gasteiger charge is -2.22. The Balaban J connectivity index is 2.16. The zero-order chi connectivity index (χ0) is 7.90. The van der Waals surface area contributed by atoms with Crippen molar-refractivity contribution in [2.75, 3.05) is 26.7 Å². The molecule has 2 saturated heterocycles. The van der Waals surface area contributed by atoms with Crippen molar-refractivity contribution in [3.8, 4) is 0 Å². The number of carbonyl (C=O) groups is 1. The molecule has 0 aromatic rings. The fraction of sp³-hybridized carbons (Fsp3) is 0.875. The van der Waals surface area contributed by atoms with Gasteiger partial charge in [-0.1, -0.05) is 0 Å². The zero-order valence-electron chi connectivity index (χ0n) is 6.89. The Hall–Kier alpha value is -0.570. The Labute approximate surface area is 66.8 Å². The van der Waals surface area contributed by atoms with Crippen LogP contribution in [-0.4, -0.2) is 37.5 Å². The van der Waals surface area contributed by atoms with Gasteiger partial charge in [-0.3, -0.25) is 4.79 Å². The van der Waals surface area contributed by atoms with Crippen LogP contribution in [-0.2, 0) is 4.79 Å². The third-order valence-electron chi connectivity index (χ3n) is 3.05. The smallest absolute Gasteiger partial charge is 0.227 e. The van der Waals surface area contributed by atoms with Crippen molar-refractivity contribution < 1.29 is 4.79 Å². The van der Waals surface area contributed by atoms with Gasteiger partial charge in [-0.15, -0.1) is 0 Å². The molecule has 0 saturated carbocycles. The molecule has 0 aliphatic carbocycles. The van der Waals surface area contributed by atoms with Crippen molar-refractivity contribution >= 4 is 5.91 Å². The molecule has 3 nitrogen and oxygen atoms in total. The van der Waals surface area contributed by atoms with Crippen molar-refractivity contribution in [3.05, 3.63) is 0 Å². The van der Waals surface area contributed by atoms with Crippen LogP contribution >= 0.6 is 0 Å². The van der Waals surface area contributed by atoms with E-state index in [2.05, 4.69) is 10.2 Å². The van der Waals surface area contributed by atoms with Gasteiger partial charge in [0.2, 0.25) is 5.91 Å². The van der Waals surface area contributed by atoms with E-state index in [9.17, 15) is 4.79 Å². The molecule has 0 spiro atoms. The molecular weight excluding hydrogens is 140 g/mol. The summed E-state index contributed by atoms with van der Waals surface area (Å²) in [5, 5.41) is 2.76. The number of fused-ring (bicyclic) bond motifs is 2. The third kappa shape index (κ3) is 0.872. The Bertz CT molecular complexity index is 183. The maximum Gasteiger partial charge on any atom is 0.227 e. The quantitative estimate of drug-likeness (QED) is 0.568. The van der Waals surface area contributed by atoms with E-state index in [1.54, 1.807) is 7.05 Å². The maximum absolute atomic E-state index is 11.5. The minimum atomic E-state index is -0.00521. The van der Waals surface area contributed by atoms with Gasteiger partial charge in [0.05, 0.1) is 5.41 Å². The Kier molecular flexibility index (Phi) is 1.42. The summed E-state index contributed by atoms with van der Waals surface area (Å²) in [5.74, 6) is 0.248. The standard InChI is InChI=1S/C8H14N2O/c1-9-7(11)8-2-4-10(6-8)5-3-8/h2-6H2,1H3,(H,9,11). The van der Waals surface area contributed by atoms with E-state index in [1.807, 2.05) is 0 Å². The molecule has 2 heterocycles. The van der Waals surface area contributed by atoms with Gasteiger partial charge in [0.25, 0.3) is 0 Å². The second-order valence-electron chi connectivity index (χ2n) is 3.64. The largest absolute Gasteiger partial charge is 0.359 e. The van der Waals surface area contributed by atoms with Crippen molar-refractivity contribution in [2.24, 2.45) is 5.41 Å². The molecule has 11 heavy (non-hydrogen) atoms. The maximum atomic E-state index is 11.5. The number of hydrogen-bond donors (Lipinski definition) is 1. The Morgan fingerprint density at radius 3 is 2.45 bits per heavy atom. The molecule has 2 aliphatic rings. The second-order valence-corrected chi connectivity index (χ2v) is 3.64. The SMILES string of the molecule is CNC(=O)C12CCN(CC1)C2. The molecule has 3 heteroatoms. The van der Waals surface area contributed by atoms with E-state index in [0.29, 0.717) is 0 Å². The summed E-state index contributed by atoms with van der Waals surface area (Å²) in [6, 6.07) is 0. The number of hydrogen-bond acceptors (Lipinski definition) is 2. The summed E-state index contributed by atoms with van der Waals surface area (Å²) < 4.78 is 0. The van der Waals surface area contributed by atoms with Gasteiger partial charge in [-0.25, -0.2) is 0 Å². The normalized spacial score (nSPS) is 41.0. The minimum absolute atomic E-state index is 0.00521. The number of amides is 1. The first kappa shape index (κ1) is 7.10. The minimum Gasteiger partial charge on any atom is -0.359 e. The number of piperidine rings is 1. The number of carbonyl (C=O) groups excluding carboxylic acids is 1. The summed E-state index contributed by atoms with van der Waals surface area (Å²) in [6.07, 6.45) is 2.12. The van der Waals surface area contributed by atoms with Crippen LogP contribution < -0.4 is 5.32 Å². The summed E-state index contributed by atoms with van der Waals surface area (Å²) in [7, 11) is 1.73. The zero-order valence-corrected chi connectivity index (χ0v) is 6.89. The van der Waals surface area contributed by atoms with Gasteiger partial charge in [-0.05, 0) is 25.9 Å². The van der Waals surface area contributed by atoms with E-state index in [1.165, 1.54) is 0 Å². The molecule has 0 unspecified atom stereocenters. The van der Waals surface area contributed by atoms with Gasteiger partial charge in [0.1, 0.15) is 0 Å². The van der Waals surface area contributed by atoms with E-state index < -0.39 is 0 Å². The van der Waals surface area contributed by atoms with Crippen molar-refractivity contribution in [3.63, 3.8) is 0 Å². The lowest BCUT2D eigenvalue weighted by Crippen LogP contribution is -2.38. The van der Waals surface area contributed by atoms with Gasteiger partial charge in [-0.2, -0.15) is 0 Å². The lowest BCUT2D eigenvalue weighted by molar-refractivity contribution is -0.129. The Morgan fingerprint density at radius 1 is 1.45 bits per heavy atom. The van der Waals surface area contributed by atoms with Gasteiger partial charge >= 0.3 is 0 Å². The molecule has 2 aliphatic heterocycles.